The Hall–Kier alpha value is -1.32. The van der Waals surface area contributed by atoms with Gasteiger partial charge in [0.15, 0.2) is 0 Å². The molecule has 0 rings (SSSR count). The monoisotopic (exact) mass is 242 g/mol. The minimum atomic E-state index is -0.471. The average molecular weight is 242 g/mol. The van der Waals surface area contributed by atoms with Crippen molar-refractivity contribution in [2.24, 2.45) is 0 Å². The van der Waals surface area contributed by atoms with E-state index in [9.17, 15) is 9.59 Å². The van der Waals surface area contributed by atoms with Gasteiger partial charge < -0.3 is 9.47 Å². The quantitative estimate of drug-likeness (QED) is 0.391. The van der Waals surface area contributed by atoms with E-state index in [4.69, 9.17) is 0 Å². The molecule has 0 aliphatic heterocycles. The van der Waals surface area contributed by atoms with Gasteiger partial charge in [0.05, 0.1) is 14.2 Å². The van der Waals surface area contributed by atoms with Gasteiger partial charge in [0.25, 0.3) is 0 Å². The lowest BCUT2D eigenvalue weighted by atomic mass is 10.0. The standard InChI is InChI=1S/C13H22O4/c1-5-6-7-8-9-11(13(15)17-4)10(2)12(14)16-3/h5-9H2,1-4H3/b11-10-. The van der Waals surface area contributed by atoms with Crippen LogP contribution in [-0.4, -0.2) is 26.2 Å². The number of carbonyl (C=O) groups is 2. The second kappa shape index (κ2) is 8.79. The van der Waals surface area contributed by atoms with Crippen molar-refractivity contribution in [2.75, 3.05) is 14.2 Å². The maximum atomic E-state index is 11.5. The third kappa shape index (κ3) is 5.52. The van der Waals surface area contributed by atoms with Crippen LogP contribution in [0.1, 0.15) is 46.0 Å². The van der Waals surface area contributed by atoms with E-state index in [2.05, 4.69) is 16.4 Å². The Kier molecular flexibility index (Phi) is 8.11. The lowest BCUT2D eigenvalue weighted by Crippen LogP contribution is -2.13. The fraction of sp³-hybridized carbons (Fsp3) is 0.692. The molecule has 0 fully saturated rings. The number of hydrogen-bond acceptors (Lipinski definition) is 4. The lowest BCUT2D eigenvalue weighted by molar-refractivity contribution is -0.139. The lowest BCUT2D eigenvalue weighted by Gasteiger charge is -2.09. The highest BCUT2D eigenvalue weighted by molar-refractivity contribution is 5.99. The van der Waals surface area contributed by atoms with Gasteiger partial charge in [-0.25, -0.2) is 9.59 Å². The summed E-state index contributed by atoms with van der Waals surface area (Å²) in [5.41, 5.74) is 0.770. The molecule has 0 aromatic rings. The number of esters is 2. The minimum Gasteiger partial charge on any atom is -0.466 e. The van der Waals surface area contributed by atoms with E-state index in [0.717, 1.165) is 25.7 Å². The van der Waals surface area contributed by atoms with E-state index in [0.29, 0.717) is 17.6 Å². The molecule has 0 atom stereocenters. The van der Waals surface area contributed by atoms with E-state index in [1.165, 1.54) is 14.2 Å². The van der Waals surface area contributed by atoms with Crippen LogP contribution in [0.15, 0.2) is 11.1 Å². The summed E-state index contributed by atoms with van der Waals surface area (Å²) in [6, 6.07) is 0. The number of methoxy groups -OCH3 is 2. The first kappa shape index (κ1) is 15.7. The zero-order valence-corrected chi connectivity index (χ0v) is 11.2. The van der Waals surface area contributed by atoms with E-state index in [-0.39, 0.29) is 0 Å². The van der Waals surface area contributed by atoms with Gasteiger partial charge >= 0.3 is 11.9 Å². The van der Waals surface area contributed by atoms with Crippen molar-refractivity contribution in [3.05, 3.63) is 11.1 Å². The van der Waals surface area contributed by atoms with Gasteiger partial charge in [0.2, 0.25) is 0 Å². The highest BCUT2D eigenvalue weighted by Gasteiger charge is 2.18. The summed E-state index contributed by atoms with van der Waals surface area (Å²) in [5.74, 6) is -0.912. The number of carbonyl (C=O) groups excluding carboxylic acids is 2. The maximum absolute atomic E-state index is 11.5. The van der Waals surface area contributed by atoms with Gasteiger partial charge in [-0.1, -0.05) is 26.2 Å². The predicted octanol–water partition coefficient (Wildman–Crippen LogP) is 2.62. The average Bonchev–Trinajstić information content (AvgIpc) is 2.36. The van der Waals surface area contributed by atoms with Crippen molar-refractivity contribution in [2.45, 2.75) is 46.0 Å². The third-order valence-electron chi connectivity index (χ3n) is 2.66. The molecule has 0 heterocycles. The molecular formula is C13H22O4. The first-order valence-corrected chi connectivity index (χ1v) is 5.94. The summed E-state index contributed by atoms with van der Waals surface area (Å²) in [6.07, 6.45) is 4.75. The van der Waals surface area contributed by atoms with Gasteiger partial charge in [0.1, 0.15) is 0 Å². The second-order valence-corrected chi connectivity index (χ2v) is 3.90. The normalized spacial score (nSPS) is 11.8. The Balaban J connectivity index is 4.64. The molecule has 0 saturated carbocycles. The summed E-state index contributed by atoms with van der Waals surface area (Å²) >= 11 is 0. The second-order valence-electron chi connectivity index (χ2n) is 3.90. The Morgan fingerprint density at radius 1 is 0.941 bits per heavy atom. The molecule has 0 saturated heterocycles. The van der Waals surface area contributed by atoms with Crippen LogP contribution >= 0.6 is 0 Å². The van der Waals surface area contributed by atoms with Crippen LogP contribution < -0.4 is 0 Å². The smallest absolute Gasteiger partial charge is 0.334 e. The zero-order valence-electron chi connectivity index (χ0n) is 11.2. The molecule has 17 heavy (non-hydrogen) atoms. The van der Waals surface area contributed by atoms with Crippen molar-refractivity contribution < 1.29 is 19.1 Å². The molecule has 0 spiro atoms. The first-order chi connectivity index (χ1) is 8.08. The Bertz CT molecular complexity index is 292. The summed E-state index contributed by atoms with van der Waals surface area (Å²) < 4.78 is 9.29. The van der Waals surface area contributed by atoms with E-state index < -0.39 is 11.9 Å². The molecule has 0 aromatic heterocycles. The minimum absolute atomic E-state index is 0.343. The van der Waals surface area contributed by atoms with Crippen LogP contribution in [-0.2, 0) is 19.1 Å². The van der Waals surface area contributed by atoms with Crippen LogP contribution in [0.3, 0.4) is 0 Å². The Morgan fingerprint density at radius 2 is 1.53 bits per heavy atom. The number of unbranched alkanes of at least 4 members (excludes halogenated alkanes) is 3. The van der Waals surface area contributed by atoms with E-state index >= 15 is 0 Å². The summed E-state index contributed by atoms with van der Waals surface area (Å²) in [4.78, 5) is 22.9. The first-order valence-electron chi connectivity index (χ1n) is 5.94. The number of hydrogen-bond donors (Lipinski definition) is 0. The van der Waals surface area contributed by atoms with Crippen LogP contribution in [0.4, 0.5) is 0 Å². The van der Waals surface area contributed by atoms with Gasteiger partial charge in [-0.05, 0) is 19.8 Å². The Morgan fingerprint density at radius 3 is 2.00 bits per heavy atom. The van der Waals surface area contributed by atoms with Crippen LogP contribution in [0.25, 0.3) is 0 Å². The zero-order chi connectivity index (χ0) is 13.3. The molecule has 0 unspecified atom stereocenters. The molecule has 0 N–H and O–H groups in total. The van der Waals surface area contributed by atoms with E-state index in [1.807, 2.05) is 0 Å². The molecule has 4 heteroatoms. The molecule has 98 valence electrons. The molecule has 0 radical (unpaired) electrons. The largest absolute Gasteiger partial charge is 0.466 e. The molecule has 0 aromatic carbocycles. The van der Waals surface area contributed by atoms with Crippen LogP contribution in [0.5, 0.6) is 0 Å². The molecule has 0 aliphatic carbocycles. The Labute approximate surface area is 103 Å². The highest BCUT2D eigenvalue weighted by Crippen LogP contribution is 2.16. The maximum Gasteiger partial charge on any atom is 0.334 e. The molecule has 4 nitrogen and oxygen atoms in total. The summed E-state index contributed by atoms with van der Waals surface area (Å²) in [5, 5.41) is 0. The van der Waals surface area contributed by atoms with Crippen LogP contribution in [0, 0.1) is 0 Å². The van der Waals surface area contributed by atoms with Gasteiger partial charge in [-0.15, -0.1) is 0 Å². The third-order valence-corrected chi connectivity index (χ3v) is 2.66. The van der Waals surface area contributed by atoms with Gasteiger partial charge in [-0.3, -0.25) is 0 Å². The van der Waals surface area contributed by atoms with Crippen molar-refractivity contribution in [3.63, 3.8) is 0 Å². The van der Waals surface area contributed by atoms with Gasteiger partial charge in [0, 0.05) is 11.1 Å². The fourth-order valence-corrected chi connectivity index (χ4v) is 1.57. The van der Waals surface area contributed by atoms with Crippen molar-refractivity contribution in [3.8, 4) is 0 Å². The topological polar surface area (TPSA) is 52.6 Å². The molecule has 0 bridgehead atoms. The van der Waals surface area contributed by atoms with E-state index in [1.54, 1.807) is 6.92 Å². The number of rotatable bonds is 7. The molecule has 0 aliphatic rings. The van der Waals surface area contributed by atoms with Crippen molar-refractivity contribution in [1.29, 1.82) is 0 Å². The van der Waals surface area contributed by atoms with Crippen molar-refractivity contribution >= 4 is 11.9 Å². The SMILES string of the molecule is CCCCCC/C(C(=O)OC)=C(\C)C(=O)OC. The van der Waals surface area contributed by atoms with Crippen molar-refractivity contribution in [1.82, 2.24) is 0 Å². The molecular weight excluding hydrogens is 220 g/mol. The van der Waals surface area contributed by atoms with Gasteiger partial charge in [-0.2, -0.15) is 0 Å². The predicted molar refractivity (Wildman–Crippen MR) is 65.5 cm³/mol. The fourth-order valence-electron chi connectivity index (χ4n) is 1.57. The summed E-state index contributed by atoms with van der Waals surface area (Å²) in [6.45, 7) is 3.72. The summed E-state index contributed by atoms with van der Waals surface area (Å²) in [7, 11) is 2.62. The molecule has 0 amide bonds. The highest BCUT2D eigenvalue weighted by atomic mass is 16.5. The number of ether oxygens (including phenoxy) is 2. The van der Waals surface area contributed by atoms with Crippen LogP contribution in [0.2, 0.25) is 0 Å².